The summed E-state index contributed by atoms with van der Waals surface area (Å²) in [6.07, 6.45) is 6.78. The zero-order valence-corrected chi connectivity index (χ0v) is 21.0. The van der Waals surface area contributed by atoms with Crippen LogP contribution in [0.25, 0.3) is 0 Å². The topological polar surface area (TPSA) is 87.9 Å². The van der Waals surface area contributed by atoms with Crippen molar-refractivity contribution in [3.63, 3.8) is 0 Å². The van der Waals surface area contributed by atoms with E-state index in [1.165, 1.54) is 42.6 Å². The second kappa shape index (κ2) is 11.8. The minimum atomic E-state index is 0.116. The number of hydrogen-bond donors (Lipinski definition) is 1. The first kappa shape index (κ1) is 24.7. The summed E-state index contributed by atoms with van der Waals surface area (Å²) in [4.78, 5) is 14.3. The third-order valence-corrected chi connectivity index (χ3v) is 7.17. The van der Waals surface area contributed by atoms with Crippen molar-refractivity contribution in [1.82, 2.24) is 0 Å². The van der Waals surface area contributed by atoms with Gasteiger partial charge in [0.15, 0.2) is 10.9 Å². The van der Waals surface area contributed by atoms with Gasteiger partial charge in [0.2, 0.25) is 0 Å². The van der Waals surface area contributed by atoms with E-state index in [0.717, 1.165) is 35.0 Å². The number of amidine groups is 2. The molecule has 0 atom stereocenters. The predicted molar refractivity (Wildman–Crippen MR) is 151 cm³/mol. The first-order valence-corrected chi connectivity index (χ1v) is 13.1. The summed E-state index contributed by atoms with van der Waals surface area (Å²) in [5.41, 5.74) is 11.1. The van der Waals surface area contributed by atoms with Crippen molar-refractivity contribution >= 4 is 46.7 Å². The Morgan fingerprint density at radius 3 is 2.57 bits per heavy atom. The van der Waals surface area contributed by atoms with Crippen LogP contribution in [0.5, 0.6) is 5.75 Å². The smallest absolute Gasteiger partial charge is 0.190 e. The van der Waals surface area contributed by atoms with Crippen LogP contribution >= 0.6 is 11.8 Å². The fourth-order valence-corrected chi connectivity index (χ4v) is 4.95. The molecule has 0 radical (unpaired) electrons. The molecule has 1 aliphatic heterocycles. The van der Waals surface area contributed by atoms with Crippen LogP contribution in [0.3, 0.4) is 0 Å². The summed E-state index contributed by atoms with van der Waals surface area (Å²) in [5, 5.41) is 9.90. The SMILES string of the molecule is NC(=NC=Nc1ccc(OF)cc1)c1ccc(/C=N/N=C2\SCCCN2c2ccccc2C2CC2)cc1. The average Bonchev–Trinajstić information content (AvgIpc) is 3.80. The normalized spacial score (nSPS) is 17.7. The minimum absolute atomic E-state index is 0.116. The van der Waals surface area contributed by atoms with Crippen LogP contribution in [0.2, 0.25) is 0 Å². The first-order valence-electron chi connectivity index (χ1n) is 12.2. The Bertz CT molecular complexity index is 1330. The van der Waals surface area contributed by atoms with Crippen LogP contribution in [0.15, 0.2) is 93.0 Å². The number of anilines is 1. The molecule has 3 aromatic rings. The van der Waals surface area contributed by atoms with Crippen molar-refractivity contribution in [3.8, 4) is 5.75 Å². The molecule has 0 spiro atoms. The number of benzene rings is 3. The Hall–Kier alpha value is -3.98. The van der Waals surface area contributed by atoms with Crippen molar-refractivity contribution in [3.05, 3.63) is 89.5 Å². The second-order valence-corrected chi connectivity index (χ2v) is 9.83. The van der Waals surface area contributed by atoms with Crippen molar-refractivity contribution < 1.29 is 9.47 Å². The lowest BCUT2D eigenvalue weighted by Gasteiger charge is -2.30. The van der Waals surface area contributed by atoms with Crippen LogP contribution in [0.1, 0.15) is 41.9 Å². The standard InChI is InChI=1S/C28H27FN6OS/c29-36-24-14-12-23(13-15-24)31-19-32-27(30)22-8-6-20(7-9-22)18-33-34-28-35(16-3-17-37-28)26-5-2-1-4-25(26)21-10-11-21/h1-2,4-9,12-15,18-19,21H,3,10-11,16-17H2,(H2,30,31,32)/b33-18+,34-28-. The van der Waals surface area contributed by atoms with Crippen molar-refractivity contribution in [2.75, 3.05) is 17.2 Å². The molecule has 37 heavy (non-hydrogen) atoms. The molecular formula is C28H27FN6OS. The van der Waals surface area contributed by atoms with Crippen LogP contribution in [-0.2, 0) is 0 Å². The molecule has 0 bridgehead atoms. The lowest BCUT2D eigenvalue weighted by molar-refractivity contribution is -0.00618. The Labute approximate surface area is 219 Å². The van der Waals surface area contributed by atoms with Gasteiger partial charge in [0.1, 0.15) is 12.2 Å². The number of rotatable bonds is 8. The molecule has 7 nitrogen and oxygen atoms in total. The molecule has 188 valence electrons. The average molecular weight is 515 g/mol. The zero-order chi connectivity index (χ0) is 25.5. The predicted octanol–water partition coefficient (Wildman–Crippen LogP) is 6.23. The summed E-state index contributed by atoms with van der Waals surface area (Å²) in [6, 6.07) is 22.4. The number of nitrogens with two attached hydrogens (primary N) is 1. The van der Waals surface area contributed by atoms with E-state index in [2.05, 4.69) is 54.3 Å². The molecule has 5 rings (SSSR count). The van der Waals surface area contributed by atoms with Gasteiger partial charge in [0, 0.05) is 28.1 Å². The highest BCUT2D eigenvalue weighted by molar-refractivity contribution is 8.14. The van der Waals surface area contributed by atoms with E-state index in [9.17, 15) is 4.53 Å². The van der Waals surface area contributed by atoms with E-state index in [-0.39, 0.29) is 5.75 Å². The Kier molecular flexibility index (Phi) is 7.90. The molecule has 2 fully saturated rings. The van der Waals surface area contributed by atoms with Gasteiger partial charge in [-0.2, -0.15) is 5.10 Å². The van der Waals surface area contributed by atoms with Crippen LogP contribution < -0.4 is 15.6 Å². The van der Waals surface area contributed by atoms with Crippen LogP contribution in [-0.4, -0.2) is 35.9 Å². The Morgan fingerprint density at radius 1 is 1.03 bits per heavy atom. The maximum atomic E-state index is 12.1. The fraction of sp³-hybridized carbons (Fsp3) is 0.214. The van der Waals surface area contributed by atoms with E-state index in [1.54, 1.807) is 30.1 Å². The molecule has 1 aliphatic carbocycles. The zero-order valence-electron chi connectivity index (χ0n) is 20.2. The third-order valence-electron chi connectivity index (χ3n) is 6.12. The summed E-state index contributed by atoms with van der Waals surface area (Å²) in [6.45, 7) is 0.957. The molecule has 9 heteroatoms. The number of halogens is 1. The molecule has 3 aromatic carbocycles. The maximum Gasteiger partial charge on any atom is 0.190 e. The highest BCUT2D eigenvalue weighted by atomic mass is 32.2. The van der Waals surface area contributed by atoms with Gasteiger partial charge in [0.25, 0.3) is 0 Å². The summed E-state index contributed by atoms with van der Waals surface area (Å²) < 4.78 is 12.1. The molecule has 2 N–H and O–H groups in total. The molecule has 2 aliphatic rings. The number of aliphatic imine (C=N–C) groups is 2. The third kappa shape index (κ3) is 6.42. The van der Waals surface area contributed by atoms with Crippen molar-refractivity contribution in [2.45, 2.75) is 25.2 Å². The van der Waals surface area contributed by atoms with Gasteiger partial charge >= 0.3 is 0 Å². The van der Waals surface area contributed by atoms with Gasteiger partial charge in [0.05, 0.1) is 11.9 Å². The largest absolute Gasteiger partial charge is 0.383 e. The molecular weight excluding hydrogens is 487 g/mol. The van der Waals surface area contributed by atoms with Gasteiger partial charge in [-0.3, -0.25) is 4.94 Å². The maximum absolute atomic E-state index is 12.1. The van der Waals surface area contributed by atoms with Gasteiger partial charge in [-0.1, -0.05) is 54.2 Å². The van der Waals surface area contributed by atoms with Crippen LogP contribution in [0.4, 0.5) is 15.9 Å². The van der Waals surface area contributed by atoms with E-state index in [0.29, 0.717) is 17.4 Å². The summed E-state index contributed by atoms with van der Waals surface area (Å²) in [7, 11) is 0. The monoisotopic (exact) mass is 514 g/mol. The van der Waals surface area contributed by atoms with Gasteiger partial charge in [-0.25, -0.2) is 9.98 Å². The molecule has 0 amide bonds. The van der Waals surface area contributed by atoms with Gasteiger partial charge in [-0.15, -0.1) is 5.10 Å². The number of para-hydroxylation sites is 1. The van der Waals surface area contributed by atoms with E-state index < -0.39 is 0 Å². The number of hydrogen-bond acceptors (Lipinski definition) is 5. The van der Waals surface area contributed by atoms with Crippen molar-refractivity contribution in [1.29, 1.82) is 0 Å². The van der Waals surface area contributed by atoms with E-state index >= 15 is 0 Å². The minimum Gasteiger partial charge on any atom is -0.383 e. The fourth-order valence-electron chi connectivity index (χ4n) is 4.04. The molecule has 0 unspecified atom stereocenters. The number of nitrogens with zero attached hydrogens (tertiary/aromatic N) is 5. The highest BCUT2D eigenvalue weighted by Gasteiger charge is 2.29. The lowest BCUT2D eigenvalue weighted by Crippen LogP contribution is -2.34. The van der Waals surface area contributed by atoms with Crippen LogP contribution in [0, 0.1) is 0 Å². The Balaban J connectivity index is 1.23. The molecule has 1 saturated heterocycles. The van der Waals surface area contributed by atoms with E-state index in [1.807, 2.05) is 24.3 Å². The van der Waals surface area contributed by atoms with E-state index in [4.69, 9.17) is 5.73 Å². The Morgan fingerprint density at radius 2 is 1.81 bits per heavy atom. The highest BCUT2D eigenvalue weighted by Crippen LogP contribution is 2.45. The molecule has 1 heterocycles. The number of thioether (sulfide) groups is 1. The first-order chi connectivity index (χ1) is 18.2. The van der Waals surface area contributed by atoms with Gasteiger partial charge < -0.3 is 10.6 Å². The summed E-state index contributed by atoms with van der Waals surface area (Å²) in [5.74, 6) is 2.17. The van der Waals surface area contributed by atoms with Crippen molar-refractivity contribution in [2.24, 2.45) is 25.9 Å². The molecule has 1 saturated carbocycles. The molecule has 0 aromatic heterocycles. The summed E-state index contributed by atoms with van der Waals surface area (Å²) >= 11 is 1.75. The van der Waals surface area contributed by atoms with Gasteiger partial charge in [-0.05, 0) is 66.6 Å². The lowest BCUT2D eigenvalue weighted by atomic mass is 10.1. The quantitative estimate of drug-likeness (QED) is 0.219. The second-order valence-electron chi connectivity index (χ2n) is 8.77.